The third kappa shape index (κ3) is 3.96. The van der Waals surface area contributed by atoms with Gasteiger partial charge >= 0.3 is 0 Å². The molecule has 0 aliphatic carbocycles. The highest BCUT2D eigenvalue weighted by molar-refractivity contribution is 5.33. The van der Waals surface area contributed by atoms with Crippen LogP contribution in [0.5, 0.6) is 5.75 Å². The average Bonchev–Trinajstić information content (AvgIpc) is 2.64. The van der Waals surface area contributed by atoms with Crippen LogP contribution in [-0.4, -0.2) is 12.1 Å². The first-order chi connectivity index (χ1) is 11.4. The molecule has 1 N–H and O–H groups in total. The molecular weight excluding hydrogens is 284 g/mol. The summed E-state index contributed by atoms with van der Waals surface area (Å²) in [6.07, 6.45) is 1.83. The lowest BCUT2D eigenvalue weighted by Crippen LogP contribution is -2.22. The van der Waals surface area contributed by atoms with Gasteiger partial charge in [0.05, 0.1) is 18.8 Å². The number of ether oxygens (including phenoxy) is 1. The monoisotopic (exact) mass is 304 g/mol. The van der Waals surface area contributed by atoms with Crippen molar-refractivity contribution >= 4 is 0 Å². The molecule has 0 aliphatic rings. The molecule has 0 amide bonds. The van der Waals surface area contributed by atoms with Crippen molar-refractivity contribution in [2.24, 2.45) is 0 Å². The maximum absolute atomic E-state index is 5.25. The minimum atomic E-state index is 0.0438. The Morgan fingerprint density at radius 2 is 1.65 bits per heavy atom. The molecule has 3 nitrogen and oxygen atoms in total. The van der Waals surface area contributed by atoms with Crippen LogP contribution in [0.2, 0.25) is 0 Å². The summed E-state index contributed by atoms with van der Waals surface area (Å²) >= 11 is 0. The van der Waals surface area contributed by atoms with Gasteiger partial charge in [-0.2, -0.15) is 0 Å². The second-order valence-corrected chi connectivity index (χ2v) is 5.33. The number of methoxy groups -OCH3 is 1. The molecule has 0 aliphatic heterocycles. The molecule has 0 radical (unpaired) electrons. The highest BCUT2D eigenvalue weighted by atomic mass is 16.5. The van der Waals surface area contributed by atoms with Crippen molar-refractivity contribution in [3.8, 4) is 5.75 Å². The summed E-state index contributed by atoms with van der Waals surface area (Å²) in [5.41, 5.74) is 3.43. The Kier molecular flexibility index (Phi) is 5.02. The minimum Gasteiger partial charge on any atom is -0.497 e. The number of nitrogens with one attached hydrogen (secondary N) is 1. The van der Waals surface area contributed by atoms with Gasteiger partial charge in [-0.15, -0.1) is 0 Å². The zero-order valence-electron chi connectivity index (χ0n) is 13.1. The van der Waals surface area contributed by atoms with Gasteiger partial charge in [0, 0.05) is 12.7 Å². The van der Waals surface area contributed by atoms with Crippen molar-refractivity contribution in [1.82, 2.24) is 10.3 Å². The fraction of sp³-hybridized carbons (Fsp3) is 0.150. The Hall–Kier alpha value is -2.65. The van der Waals surface area contributed by atoms with E-state index in [2.05, 4.69) is 46.7 Å². The summed E-state index contributed by atoms with van der Waals surface area (Å²) in [5, 5.41) is 3.60. The number of aromatic nitrogens is 1. The SMILES string of the molecule is COc1ccc([C@H](NCc2ccccc2)c2ccccn2)cc1. The molecule has 0 saturated heterocycles. The number of hydrogen-bond acceptors (Lipinski definition) is 3. The molecule has 2 aromatic carbocycles. The van der Waals surface area contributed by atoms with E-state index in [1.165, 1.54) is 11.1 Å². The van der Waals surface area contributed by atoms with Crippen LogP contribution in [-0.2, 0) is 6.54 Å². The molecule has 3 aromatic rings. The molecule has 116 valence electrons. The van der Waals surface area contributed by atoms with Crippen LogP contribution in [0, 0.1) is 0 Å². The molecule has 23 heavy (non-hydrogen) atoms. The lowest BCUT2D eigenvalue weighted by molar-refractivity contribution is 0.414. The lowest BCUT2D eigenvalue weighted by Gasteiger charge is -2.19. The van der Waals surface area contributed by atoms with E-state index in [0.717, 1.165) is 18.0 Å². The van der Waals surface area contributed by atoms with Gasteiger partial charge in [0.15, 0.2) is 0 Å². The van der Waals surface area contributed by atoms with E-state index < -0.39 is 0 Å². The van der Waals surface area contributed by atoms with Crippen molar-refractivity contribution in [1.29, 1.82) is 0 Å². The quantitative estimate of drug-likeness (QED) is 0.748. The van der Waals surface area contributed by atoms with Gasteiger partial charge in [-0.1, -0.05) is 48.5 Å². The second kappa shape index (κ2) is 7.56. The van der Waals surface area contributed by atoms with Crippen molar-refractivity contribution < 1.29 is 4.74 Å². The van der Waals surface area contributed by atoms with Gasteiger partial charge in [0.1, 0.15) is 5.75 Å². The van der Waals surface area contributed by atoms with Gasteiger partial charge in [-0.25, -0.2) is 0 Å². The van der Waals surface area contributed by atoms with E-state index >= 15 is 0 Å². The fourth-order valence-corrected chi connectivity index (χ4v) is 2.55. The van der Waals surface area contributed by atoms with Gasteiger partial charge in [-0.3, -0.25) is 4.98 Å². The predicted molar refractivity (Wildman–Crippen MR) is 92.4 cm³/mol. The average molecular weight is 304 g/mol. The summed E-state index contributed by atoms with van der Waals surface area (Å²) in [6, 6.07) is 24.6. The van der Waals surface area contributed by atoms with E-state index in [9.17, 15) is 0 Å². The van der Waals surface area contributed by atoms with E-state index in [-0.39, 0.29) is 6.04 Å². The summed E-state index contributed by atoms with van der Waals surface area (Å²) in [7, 11) is 1.68. The van der Waals surface area contributed by atoms with E-state index in [1.807, 2.05) is 42.6 Å². The standard InChI is InChI=1S/C20H20N2O/c1-23-18-12-10-17(11-13-18)20(19-9-5-6-14-21-19)22-15-16-7-3-2-4-8-16/h2-14,20,22H,15H2,1H3/t20-/m0/s1. The Morgan fingerprint density at radius 3 is 2.30 bits per heavy atom. The summed E-state index contributed by atoms with van der Waals surface area (Å²) in [4.78, 5) is 4.52. The zero-order chi connectivity index (χ0) is 15.9. The molecule has 0 saturated carbocycles. The fourth-order valence-electron chi connectivity index (χ4n) is 2.55. The van der Waals surface area contributed by atoms with Crippen LogP contribution < -0.4 is 10.1 Å². The minimum absolute atomic E-state index is 0.0438. The summed E-state index contributed by atoms with van der Waals surface area (Å²) in [6.45, 7) is 0.786. The third-order valence-electron chi connectivity index (χ3n) is 3.79. The van der Waals surface area contributed by atoms with Gasteiger partial charge < -0.3 is 10.1 Å². The maximum atomic E-state index is 5.25. The molecule has 3 rings (SSSR count). The molecular formula is C20H20N2O. The highest BCUT2D eigenvalue weighted by Crippen LogP contribution is 2.23. The second-order valence-electron chi connectivity index (χ2n) is 5.33. The molecule has 0 bridgehead atoms. The molecule has 1 heterocycles. The van der Waals surface area contributed by atoms with Gasteiger partial charge in [0.2, 0.25) is 0 Å². The van der Waals surface area contributed by atoms with Gasteiger partial charge in [0.25, 0.3) is 0 Å². The van der Waals surface area contributed by atoms with Crippen LogP contribution in [0.1, 0.15) is 22.9 Å². The predicted octanol–water partition coefficient (Wildman–Crippen LogP) is 3.97. The van der Waals surface area contributed by atoms with Crippen molar-refractivity contribution in [3.05, 3.63) is 95.8 Å². The molecule has 1 atom stereocenters. The topological polar surface area (TPSA) is 34.1 Å². The van der Waals surface area contributed by atoms with Crippen LogP contribution in [0.3, 0.4) is 0 Å². The number of pyridine rings is 1. The van der Waals surface area contributed by atoms with Crippen LogP contribution in [0.15, 0.2) is 79.0 Å². The lowest BCUT2D eigenvalue weighted by atomic mass is 10.0. The Morgan fingerprint density at radius 1 is 0.913 bits per heavy atom. The van der Waals surface area contributed by atoms with Crippen LogP contribution in [0.4, 0.5) is 0 Å². The largest absolute Gasteiger partial charge is 0.497 e. The maximum Gasteiger partial charge on any atom is 0.118 e. The van der Waals surface area contributed by atoms with E-state index in [1.54, 1.807) is 7.11 Å². The Bertz CT molecular complexity index is 712. The number of rotatable bonds is 6. The number of hydrogen-bond donors (Lipinski definition) is 1. The first-order valence-electron chi connectivity index (χ1n) is 7.69. The Labute approximate surface area is 137 Å². The normalized spacial score (nSPS) is 11.9. The molecule has 0 unspecified atom stereocenters. The summed E-state index contributed by atoms with van der Waals surface area (Å²) < 4.78 is 5.25. The summed E-state index contributed by atoms with van der Waals surface area (Å²) in [5.74, 6) is 0.858. The first-order valence-corrected chi connectivity index (χ1v) is 7.69. The third-order valence-corrected chi connectivity index (χ3v) is 3.79. The van der Waals surface area contributed by atoms with Crippen molar-refractivity contribution in [2.45, 2.75) is 12.6 Å². The van der Waals surface area contributed by atoms with Crippen LogP contribution >= 0.6 is 0 Å². The number of nitrogens with zero attached hydrogens (tertiary/aromatic N) is 1. The molecule has 0 spiro atoms. The smallest absolute Gasteiger partial charge is 0.118 e. The number of benzene rings is 2. The highest BCUT2D eigenvalue weighted by Gasteiger charge is 2.14. The molecule has 3 heteroatoms. The van der Waals surface area contributed by atoms with Crippen molar-refractivity contribution in [2.75, 3.05) is 7.11 Å². The van der Waals surface area contributed by atoms with Crippen LogP contribution in [0.25, 0.3) is 0 Å². The molecule has 0 fully saturated rings. The van der Waals surface area contributed by atoms with E-state index in [4.69, 9.17) is 4.74 Å². The Balaban J connectivity index is 1.84. The van der Waals surface area contributed by atoms with E-state index in [0.29, 0.717) is 0 Å². The first kappa shape index (κ1) is 15.3. The van der Waals surface area contributed by atoms with Gasteiger partial charge in [-0.05, 0) is 35.4 Å². The van der Waals surface area contributed by atoms with Crippen molar-refractivity contribution in [3.63, 3.8) is 0 Å². The molecule has 1 aromatic heterocycles. The zero-order valence-corrected chi connectivity index (χ0v) is 13.1.